The Bertz CT molecular complexity index is 1010. The third-order valence-corrected chi connectivity index (χ3v) is 5.21. The van der Waals surface area contributed by atoms with Gasteiger partial charge in [-0.25, -0.2) is 0 Å². The Morgan fingerprint density at radius 3 is 2.89 bits per heavy atom. The van der Waals surface area contributed by atoms with E-state index in [2.05, 4.69) is 59.1 Å². The van der Waals surface area contributed by atoms with Gasteiger partial charge in [0.15, 0.2) is 11.9 Å². The number of anilines is 1. The molecule has 1 aromatic heterocycles. The molecule has 1 aliphatic heterocycles. The molecule has 5 nitrogen and oxygen atoms in total. The first-order valence-electron chi connectivity index (χ1n) is 8.74. The monoisotopic (exact) mass is 376 g/mol. The minimum atomic E-state index is -0.360. The standard InChI is InChI=1S/C21H20N4OS/c1-4-11-27-21-23-20-18(24-25-21)15-7-5-6-8-17(15)22-19(26-20)16-12-13(2)9-10-14(16)3/h4-10,12,19,22H,1,11H2,2-3H3. The van der Waals surface area contributed by atoms with E-state index in [4.69, 9.17) is 4.74 Å². The zero-order valence-corrected chi connectivity index (χ0v) is 16.1. The van der Waals surface area contributed by atoms with Gasteiger partial charge in [-0.3, -0.25) is 0 Å². The molecular formula is C21H20N4OS. The summed E-state index contributed by atoms with van der Waals surface area (Å²) in [4.78, 5) is 4.62. The predicted octanol–water partition coefficient (Wildman–Crippen LogP) is 4.94. The fraction of sp³-hybridized carbons (Fsp3) is 0.190. The van der Waals surface area contributed by atoms with Gasteiger partial charge in [0.2, 0.25) is 11.0 Å². The van der Waals surface area contributed by atoms with E-state index < -0.39 is 0 Å². The SMILES string of the molecule is C=CCSc1nnc2c(n1)OC(c1cc(C)ccc1C)Nc1ccccc1-2. The Hall–Kier alpha value is -2.86. The molecule has 0 amide bonds. The molecule has 6 heteroatoms. The lowest BCUT2D eigenvalue weighted by atomic mass is 10.0. The summed E-state index contributed by atoms with van der Waals surface area (Å²) in [6.07, 6.45) is 1.46. The highest BCUT2D eigenvalue weighted by molar-refractivity contribution is 7.99. The topological polar surface area (TPSA) is 59.9 Å². The van der Waals surface area contributed by atoms with Gasteiger partial charge in [0, 0.05) is 22.6 Å². The number of nitrogens with zero attached hydrogens (tertiary/aromatic N) is 3. The highest BCUT2D eigenvalue weighted by Crippen LogP contribution is 2.40. The molecule has 4 rings (SSSR count). The maximum absolute atomic E-state index is 6.32. The van der Waals surface area contributed by atoms with Crippen molar-refractivity contribution in [3.8, 4) is 17.1 Å². The van der Waals surface area contributed by atoms with Crippen molar-refractivity contribution in [1.82, 2.24) is 15.2 Å². The molecule has 2 aromatic carbocycles. The first-order chi connectivity index (χ1) is 13.2. The molecule has 0 spiro atoms. The van der Waals surface area contributed by atoms with Gasteiger partial charge >= 0.3 is 0 Å². The van der Waals surface area contributed by atoms with Gasteiger partial charge in [-0.2, -0.15) is 4.98 Å². The average molecular weight is 376 g/mol. The van der Waals surface area contributed by atoms with Crippen molar-refractivity contribution in [3.63, 3.8) is 0 Å². The Kier molecular flexibility index (Phi) is 4.81. The lowest BCUT2D eigenvalue weighted by molar-refractivity contribution is 0.224. The quantitative estimate of drug-likeness (QED) is 0.514. The van der Waals surface area contributed by atoms with Gasteiger partial charge < -0.3 is 10.1 Å². The minimum absolute atomic E-state index is 0.360. The lowest BCUT2D eigenvalue weighted by Gasteiger charge is -2.21. The number of aryl methyl sites for hydroxylation is 2. The summed E-state index contributed by atoms with van der Waals surface area (Å²) in [5.74, 6) is 1.20. The number of fused-ring (bicyclic) bond motifs is 3. The van der Waals surface area contributed by atoms with Crippen LogP contribution in [0.15, 0.2) is 60.3 Å². The zero-order valence-electron chi connectivity index (χ0n) is 15.3. The molecule has 2 heterocycles. The van der Waals surface area contributed by atoms with E-state index in [1.807, 2.05) is 30.3 Å². The van der Waals surface area contributed by atoms with Crippen molar-refractivity contribution >= 4 is 17.4 Å². The average Bonchev–Trinajstić information content (AvgIpc) is 2.84. The van der Waals surface area contributed by atoms with Gasteiger partial charge in [0.25, 0.3) is 0 Å². The summed E-state index contributed by atoms with van der Waals surface area (Å²) in [5.41, 5.74) is 5.94. The van der Waals surface area contributed by atoms with E-state index in [-0.39, 0.29) is 6.23 Å². The Morgan fingerprint density at radius 1 is 1.19 bits per heavy atom. The third-order valence-electron chi connectivity index (χ3n) is 4.38. The number of benzene rings is 2. The van der Waals surface area contributed by atoms with Crippen molar-refractivity contribution < 1.29 is 4.74 Å². The van der Waals surface area contributed by atoms with Crippen LogP contribution in [0.1, 0.15) is 22.9 Å². The second-order valence-electron chi connectivity index (χ2n) is 6.40. The number of para-hydroxylation sites is 1. The molecule has 0 radical (unpaired) electrons. The van der Waals surface area contributed by atoms with Crippen LogP contribution in [0, 0.1) is 13.8 Å². The van der Waals surface area contributed by atoms with E-state index in [1.165, 1.54) is 17.3 Å². The highest BCUT2D eigenvalue weighted by atomic mass is 32.2. The maximum atomic E-state index is 6.32. The molecule has 0 aliphatic carbocycles. The van der Waals surface area contributed by atoms with E-state index in [1.54, 1.807) is 0 Å². The van der Waals surface area contributed by atoms with Crippen molar-refractivity contribution in [3.05, 3.63) is 71.8 Å². The second kappa shape index (κ2) is 7.40. The number of hydrogen-bond donors (Lipinski definition) is 1. The van der Waals surface area contributed by atoms with Crippen molar-refractivity contribution in [1.29, 1.82) is 0 Å². The smallest absolute Gasteiger partial charge is 0.247 e. The first-order valence-corrected chi connectivity index (χ1v) is 9.72. The van der Waals surface area contributed by atoms with Crippen LogP contribution in [0.3, 0.4) is 0 Å². The van der Waals surface area contributed by atoms with E-state index in [0.717, 1.165) is 28.1 Å². The predicted molar refractivity (Wildman–Crippen MR) is 109 cm³/mol. The Balaban J connectivity index is 1.83. The van der Waals surface area contributed by atoms with Crippen molar-refractivity contribution in [2.75, 3.05) is 11.1 Å². The van der Waals surface area contributed by atoms with Gasteiger partial charge in [0.1, 0.15) is 0 Å². The molecule has 1 aliphatic rings. The normalized spacial score (nSPS) is 15.0. The van der Waals surface area contributed by atoms with E-state index >= 15 is 0 Å². The fourth-order valence-electron chi connectivity index (χ4n) is 3.02. The summed E-state index contributed by atoms with van der Waals surface area (Å²) in [6.45, 7) is 7.90. The molecule has 1 atom stereocenters. The van der Waals surface area contributed by atoms with Gasteiger partial charge in [-0.15, -0.1) is 16.8 Å². The van der Waals surface area contributed by atoms with Gasteiger partial charge in [-0.1, -0.05) is 59.8 Å². The van der Waals surface area contributed by atoms with Crippen LogP contribution in [-0.4, -0.2) is 20.9 Å². The number of ether oxygens (including phenoxy) is 1. The molecule has 136 valence electrons. The number of aromatic nitrogens is 3. The zero-order chi connectivity index (χ0) is 18.8. The molecule has 27 heavy (non-hydrogen) atoms. The van der Waals surface area contributed by atoms with Crippen molar-refractivity contribution in [2.45, 2.75) is 25.2 Å². The molecule has 1 unspecified atom stereocenters. The van der Waals surface area contributed by atoms with Crippen LogP contribution in [-0.2, 0) is 0 Å². The number of hydrogen-bond acceptors (Lipinski definition) is 6. The summed E-state index contributed by atoms with van der Waals surface area (Å²) < 4.78 is 6.32. The Labute approximate surface area is 162 Å². The molecular weight excluding hydrogens is 356 g/mol. The summed E-state index contributed by atoms with van der Waals surface area (Å²) in [6, 6.07) is 14.3. The number of rotatable bonds is 4. The summed E-state index contributed by atoms with van der Waals surface area (Å²) in [5, 5.41) is 12.7. The fourth-order valence-corrected chi connectivity index (χ4v) is 3.54. The number of thioether (sulfide) groups is 1. The molecule has 0 saturated heterocycles. The van der Waals surface area contributed by atoms with E-state index in [0.29, 0.717) is 16.7 Å². The van der Waals surface area contributed by atoms with Gasteiger partial charge in [-0.05, 0) is 25.5 Å². The lowest BCUT2D eigenvalue weighted by Crippen LogP contribution is -2.18. The molecule has 3 aromatic rings. The molecule has 0 saturated carbocycles. The molecule has 0 fully saturated rings. The number of nitrogens with one attached hydrogen (secondary N) is 1. The maximum Gasteiger partial charge on any atom is 0.247 e. The van der Waals surface area contributed by atoms with E-state index in [9.17, 15) is 0 Å². The van der Waals surface area contributed by atoms with Crippen LogP contribution < -0.4 is 10.1 Å². The van der Waals surface area contributed by atoms with Crippen LogP contribution >= 0.6 is 11.8 Å². The largest absolute Gasteiger partial charge is 0.448 e. The van der Waals surface area contributed by atoms with Crippen molar-refractivity contribution in [2.24, 2.45) is 0 Å². The molecule has 1 N–H and O–H groups in total. The molecule has 0 bridgehead atoms. The minimum Gasteiger partial charge on any atom is -0.448 e. The van der Waals surface area contributed by atoms with Crippen LogP contribution in [0.4, 0.5) is 5.69 Å². The summed E-state index contributed by atoms with van der Waals surface area (Å²) >= 11 is 1.48. The van der Waals surface area contributed by atoms with Crippen LogP contribution in [0.2, 0.25) is 0 Å². The third kappa shape index (κ3) is 3.53. The second-order valence-corrected chi connectivity index (χ2v) is 7.38. The van der Waals surface area contributed by atoms with Crippen LogP contribution in [0.5, 0.6) is 5.88 Å². The highest BCUT2D eigenvalue weighted by Gasteiger charge is 2.26. The first kappa shape index (κ1) is 17.5. The van der Waals surface area contributed by atoms with Gasteiger partial charge in [0.05, 0.1) is 0 Å². The Morgan fingerprint density at radius 2 is 2.04 bits per heavy atom. The summed E-state index contributed by atoms with van der Waals surface area (Å²) in [7, 11) is 0. The van der Waals surface area contributed by atoms with Crippen LogP contribution in [0.25, 0.3) is 11.3 Å².